The van der Waals surface area contributed by atoms with E-state index in [1.54, 1.807) is 7.11 Å². The largest absolute Gasteiger partial charge is 0.496 e. The van der Waals surface area contributed by atoms with Gasteiger partial charge in [-0.25, -0.2) is 0 Å². The highest BCUT2D eigenvalue weighted by molar-refractivity contribution is 6.30. The molecule has 17 heavy (non-hydrogen) atoms. The molecule has 3 heteroatoms. The summed E-state index contributed by atoms with van der Waals surface area (Å²) in [5.41, 5.74) is 2.27. The lowest BCUT2D eigenvalue weighted by atomic mass is 9.99. The van der Waals surface area contributed by atoms with E-state index in [4.69, 9.17) is 16.3 Å². The van der Waals surface area contributed by atoms with Crippen LogP contribution < -0.4 is 10.1 Å². The van der Waals surface area contributed by atoms with E-state index >= 15 is 0 Å². The molecule has 0 aromatic heterocycles. The molecule has 94 valence electrons. The number of nitrogens with one attached hydrogen (secondary N) is 1. The molecule has 0 saturated heterocycles. The molecule has 1 aromatic carbocycles. The molecule has 1 rings (SSSR count). The summed E-state index contributed by atoms with van der Waals surface area (Å²) in [5, 5.41) is 4.13. The van der Waals surface area contributed by atoms with Gasteiger partial charge in [0.05, 0.1) is 7.11 Å². The Kier molecular flexibility index (Phi) is 5.52. The predicted molar refractivity (Wildman–Crippen MR) is 73.9 cm³/mol. The molecule has 1 aromatic rings. The first-order valence-corrected chi connectivity index (χ1v) is 6.17. The van der Waals surface area contributed by atoms with Crippen molar-refractivity contribution in [3.05, 3.63) is 40.9 Å². The molecule has 0 amide bonds. The third kappa shape index (κ3) is 4.06. The van der Waals surface area contributed by atoms with E-state index in [-0.39, 0.29) is 6.04 Å². The summed E-state index contributed by atoms with van der Waals surface area (Å²) < 4.78 is 5.38. The lowest BCUT2D eigenvalue weighted by Gasteiger charge is -2.21. The quantitative estimate of drug-likeness (QED) is 0.775. The summed E-state index contributed by atoms with van der Waals surface area (Å²) in [7, 11) is 1.67. The highest BCUT2D eigenvalue weighted by atomic mass is 35.5. The first-order chi connectivity index (χ1) is 8.08. The van der Waals surface area contributed by atoms with E-state index in [1.165, 1.54) is 0 Å². The maximum absolute atomic E-state index is 5.97. The van der Waals surface area contributed by atoms with Crippen molar-refractivity contribution in [2.45, 2.75) is 26.3 Å². The summed E-state index contributed by atoms with van der Waals surface area (Å²) in [4.78, 5) is 0. The lowest BCUT2D eigenvalue weighted by Crippen LogP contribution is -2.21. The Bertz CT molecular complexity index is 390. The Labute approximate surface area is 109 Å². The average molecular weight is 254 g/mol. The summed E-state index contributed by atoms with van der Waals surface area (Å²) in [5.74, 6) is 0.824. The maximum Gasteiger partial charge on any atom is 0.125 e. The van der Waals surface area contributed by atoms with Crippen LogP contribution in [0.4, 0.5) is 0 Å². The van der Waals surface area contributed by atoms with Crippen molar-refractivity contribution in [2.24, 2.45) is 0 Å². The molecule has 0 spiro atoms. The highest BCUT2D eigenvalue weighted by Crippen LogP contribution is 2.31. The van der Waals surface area contributed by atoms with E-state index in [0.717, 1.165) is 29.9 Å². The van der Waals surface area contributed by atoms with Gasteiger partial charge in [-0.1, -0.05) is 30.2 Å². The van der Waals surface area contributed by atoms with Crippen molar-refractivity contribution in [3.8, 4) is 5.75 Å². The highest BCUT2D eigenvalue weighted by Gasteiger charge is 2.15. The van der Waals surface area contributed by atoms with Crippen LogP contribution in [0.1, 0.15) is 31.9 Å². The number of methoxy groups -OCH3 is 1. The number of benzene rings is 1. The Morgan fingerprint density at radius 2 is 2.24 bits per heavy atom. The fraction of sp³-hybridized carbons (Fsp3) is 0.429. The van der Waals surface area contributed by atoms with Gasteiger partial charge in [0, 0.05) is 16.6 Å². The Balaban J connectivity index is 3.03. The SMILES string of the molecule is C=C(C)CC(NCC)c1ccc(Cl)cc1OC. The van der Waals surface area contributed by atoms with Crippen LogP contribution in [0.2, 0.25) is 5.02 Å². The fourth-order valence-electron chi connectivity index (χ4n) is 1.86. The van der Waals surface area contributed by atoms with Gasteiger partial charge < -0.3 is 10.1 Å². The fourth-order valence-corrected chi connectivity index (χ4v) is 2.02. The van der Waals surface area contributed by atoms with E-state index in [0.29, 0.717) is 5.02 Å². The van der Waals surface area contributed by atoms with Crippen LogP contribution in [0.5, 0.6) is 5.75 Å². The van der Waals surface area contributed by atoms with Gasteiger partial charge in [-0.15, -0.1) is 6.58 Å². The molecule has 2 nitrogen and oxygen atoms in total. The molecule has 0 bridgehead atoms. The average Bonchev–Trinajstić information content (AvgIpc) is 2.27. The van der Waals surface area contributed by atoms with E-state index < -0.39 is 0 Å². The van der Waals surface area contributed by atoms with Crippen molar-refractivity contribution < 1.29 is 4.74 Å². The second-order valence-corrected chi connectivity index (χ2v) is 4.59. The molecule has 1 N–H and O–H groups in total. The standard InChI is InChI=1S/C14H20ClNO/c1-5-16-13(8-10(2)3)12-7-6-11(15)9-14(12)17-4/h6-7,9,13,16H,2,5,8H2,1,3-4H3. The van der Waals surface area contributed by atoms with Crippen LogP contribution in [-0.4, -0.2) is 13.7 Å². The summed E-state index contributed by atoms with van der Waals surface area (Å²) >= 11 is 5.97. The molecule has 0 fully saturated rings. The van der Waals surface area contributed by atoms with Crippen LogP contribution >= 0.6 is 11.6 Å². The molecule has 0 aliphatic carbocycles. The van der Waals surface area contributed by atoms with E-state index in [2.05, 4.69) is 18.8 Å². The smallest absolute Gasteiger partial charge is 0.125 e. The molecular weight excluding hydrogens is 234 g/mol. The topological polar surface area (TPSA) is 21.3 Å². The zero-order valence-corrected chi connectivity index (χ0v) is 11.5. The van der Waals surface area contributed by atoms with Crippen LogP contribution in [-0.2, 0) is 0 Å². The molecular formula is C14H20ClNO. The van der Waals surface area contributed by atoms with Crippen molar-refractivity contribution in [1.29, 1.82) is 0 Å². The molecule has 0 aliphatic heterocycles. The third-order valence-electron chi connectivity index (χ3n) is 2.57. The van der Waals surface area contributed by atoms with Crippen molar-refractivity contribution in [3.63, 3.8) is 0 Å². The second-order valence-electron chi connectivity index (χ2n) is 4.16. The van der Waals surface area contributed by atoms with Crippen LogP contribution in [0.15, 0.2) is 30.4 Å². The maximum atomic E-state index is 5.97. The van der Waals surface area contributed by atoms with Gasteiger partial charge in [0.1, 0.15) is 5.75 Å². The van der Waals surface area contributed by atoms with Gasteiger partial charge in [-0.2, -0.15) is 0 Å². The van der Waals surface area contributed by atoms with Gasteiger partial charge in [0.2, 0.25) is 0 Å². The molecule has 1 unspecified atom stereocenters. The van der Waals surface area contributed by atoms with Crippen LogP contribution in [0.25, 0.3) is 0 Å². The molecule has 0 radical (unpaired) electrons. The minimum atomic E-state index is 0.227. The van der Waals surface area contributed by atoms with Crippen molar-refractivity contribution in [1.82, 2.24) is 5.32 Å². The van der Waals surface area contributed by atoms with Gasteiger partial charge in [0.15, 0.2) is 0 Å². The third-order valence-corrected chi connectivity index (χ3v) is 2.81. The number of hydrogen-bond donors (Lipinski definition) is 1. The lowest BCUT2D eigenvalue weighted by molar-refractivity contribution is 0.399. The van der Waals surface area contributed by atoms with E-state index in [1.807, 2.05) is 25.1 Å². The molecule has 0 heterocycles. The minimum absolute atomic E-state index is 0.227. The van der Waals surface area contributed by atoms with Gasteiger partial charge in [0.25, 0.3) is 0 Å². The first-order valence-electron chi connectivity index (χ1n) is 5.79. The number of ether oxygens (including phenoxy) is 1. The zero-order valence-electron chi connectivity index (χ0n) is 10.7. The molecule has 0 saturated carbocycles. The number of hydrogen-bond acceptors (Lipinski definition) is 2. The Morgan fingerprint density at radius 1 is 1.53 bits per heavy atom. The van der Waals surface area contributed by atoms with Gasteiger partial charge in [-0.05, 0) is 32.0 Å². The normalized spacial score (nSPS) is 12.2. The summed E-state index contributed by atoms with van der Waals surface area (Å²) in [6, 6.07) is 5.98. The van der Waals surface area contributed by atoms with Gasteiger partial charge in [-0.3, -0.25) is 0 Å². The zero-order chi connectivity index (χ0) is 12.8. The van der Waals surface area contributed by atoms with Crippen LogP contribution in [0.3, 0.4) is 0 Å². The first kappa shape index (κ1) is 14.1. The van der Waals surface area contributed by atoms with E-state index in [9.17, 15) is 0 Å². The van der Waals surface area contributed by atoms with Gasteiger partial charge >= 0.3 is 0 Å². The minimum Gasteiger partial charge on any atom is -0.496 e. The second kappa shape index (κ2) is 6.67. The monoisotopic (exact) mass is 253 g/mol. The predicted octanol–water partition coefficient (Wildman–Crippen LogP) is 3.97. The number of halogens is 1. The summed E-state index contributed by atoms with van der Waals surface area (Å²) in [6.07, 6.45) is 0.895. The number of rotatable bonds is 6. The Morgan fingerprint density at radius 3 is 2.76 bits per heavy atom. The van der Waals surface area contributed by atoms with Crippen molar-refractivity contribution in [2.75, 3.05) is 13.7 Å². The summed E-state index contributed by atoms with van der Waals surface area (Å²) in [6.45, 7) is 9.00. The molecule has 0 aliphatic rings. The van der Waals surface area contributed by atoms with Crippen molar-refractivity contribution >= 4 is 11.6 Å². The molecule has 1 atom stereocenters. The Hall–Kier alpha value is -0.990. The van der Waals surface area contributed by atoms with Crippen LogP contribution in [0, 0.1) is 0 Å².